The third-order valence-electron chi connectivity index (χ3n) is 3.98. The van der Waals surface area contributed by atoms with Crippen molar-refractivity contribution >= 4 is 12.7 Å². The molecule has 1 saturated heterocycles. The van der Waals surface area contributed by atoms with Crippen molar-refractivity contribution in [3.8, 4) is 0 Å². The Balaban J connectivity index is 2.20. The zero-order chi connectivity index (χ0) is 14.3. The Hall–Kier alpha value is -0.865. The van der Waals surface area contributed by atoms with Crippen LogP contribution >= 0.6 is 0 Å². The van der Waals surface area contributed by atoms with E-state index >= 15 is 0 Å². The molecule has 1 aliphatic rings. The number of hydrogen-bond donors (Lipinski definition) is 0. The zero-order valence-corrected chi connectivity index (χ0v) is 12.9. The fourth-order valence-electron chi connectivity index (χ4n) is 2.19. The maximum Gasteiger partial charge on any atom is 0.514 e. The number of nitrogens with zero attached hydrogens (tertiary/aromatic N) is 1. The van der Waals surface area contributed by atoms with E-state index < -0.39 is 0 Å². The standard InChI is InChI=1S/C15H24BNO2/c1-11(2)9-12-7-8-17-13(10-12)16-18-14(3,4)15(5,6)19-16/h7-8,10-11H,9H2,1-6H3. The van der Waals surface area contributed by atoms with Gasteiger partial charge in [0.15, 0.2) is 0 Å². The van der Waals surface area contributed by atoms with Crippen molar-refractivity contribution in [1.29, 1.82) is 0 Å². The van der Waals surface area contributed by atoms with Gasteiger partial charge in [0, 0.05) is 6.20 Å². The zero-order valence-electron chi connectivity index (χ0n) is 12.9. The highest BCUT2D eigenvalue weighted by Gasteiger charge is 2.52. The molecule has 2 rings (SSSR count). The highest BCUT2D eigenvalue weighted by molar-refractivity contribution is 6.61. The molecule has 0 aliphatic carbocycles. The van der Waals surface area contributed by atoms with Gasteiger partial charge in [-0.05, 0) is 57.7 Å². The van der Waals surface area contributed by atoms with Crippen LogP contribution in [0.25, 0.3) is 0 Å². The topological polar surface area (TPSA) is 31.4 Å². The summed E-state index contributed by atoms with van der Waals surface area (Å²) in [4.78, 5) is 4.41. The molecular weight excluding hydrogens is 237 g/mol. The summed E-state index contributed by atoms with van der Waals surface area (Å²) in [6.45, 7) is 12.7. The number of rotatable bonds is 3. The van der Waals surface area contributed by atoms with E-state index in [4.69, 9.17) is 9.31 Å². The second-order valence-electron chi connectivity index (χ2n) is 6.78. The predicted molar refractivity (Wildman–Crippen MR) is 78.5 cm³/mol. The molecule has 19 heavy (non-hydrogen) atoms. The van der Waals surface area contributed by atoms with Gasteiger partial charge in [-0.3, -0.25) is 4.98 Å². The lowest BCUT2D eigenvalue weighted by molar-refractivity contribution is 0.00578. The molecule has 0 unspecified atom stereocenters. The third-order valence-corrected chi connectivity index (χ3v) is 3.98. The van der Waals surface area contributed by atoms with Crippen LogP contribution in [0.5, 0.6) is 0 Å². The van der Waals surface area contributed by atoms with Gasteiger partial charge in [0.25, 0.3) is 0 Å². The Labute approximate surface area is 116 Å². The van der Waals surface area contributed by atoms with Crippen molar-refractivity contribution in [1.82, 2.24) is 4.98 Å². The van der Waals surface area contributed by atoms with Crippen LogP contribution < -0.4 is 5.59 Å². The van der Waals surface area contributed by atoms with E-state index in [1.807, 2.05) is 6.20 Å². The van der Waals surface area contributed by atoms with Gasteiger partial charge >= 0.3 is 7.12 Å². The molecule has 0 N–H and O–H groups in total. The van der Waals surface area contributed by atoms with Crippen LogP contribution in [0.4, 0.5) is 0 Å². The summed E-state index contributed by atoms with van der Waals surface area (Å²) >= 11 is 0. The molecule has 3 nitrogen and oxygen atoms in total. The lowest BCUT2D eigenvalue weighted by atomic mass is 9.83. The number of pyridine rings is 1. The minimum Gasteiger partial charge on any atom is -0.398 e. The van der Waals surface area contributed by atoms with Crippen molar-refractivity contribution in [2.24, 2.45) is 5.92 Å². The first kappa shape index (κ1) is 14.5. The minimum absolute atomic E-state index is 0.312. The molecule has 0 bridgehead atoms. The molecule has 4 heteroatoms. The SMILES string of the molecule is CC(C)Cc1ccnc(B2OC(C)(C)C(C)(C)O2)c1. The van der Waals surface area contributed by atoms with Gasteiger partial charge in [0.05, 0.1) is 16.8 Å². The minimum atomic E-state index is -0.364. The molecule has 0 saturated carbocycles. The number of hydrogen-bond acceptors (Lipinski definition) is 3. The van der Waals surface area contributed by atoms with Gasteiger partial charge in [0.1, 0.15) is 0 Å². The van der Waals surface area contributed by atoms with Crippen molar-refractivity contribution < 1.29 is 9.31 Å². The smallest absolute Gasteiger partial charge is 0.398 e. The molecule has 1 aromatic rings. The second kappa shape index (κ2) is 4.91. The summed E-state index contributed by atoms with van der Waals surface area (Å²) in [7, 11) is -0.364. The van der Waals surface area contributed by atoms with Crippen LogP contribution in [0.3, 0.4) is 0 Å². The van der Waals surface area contributed by atoms with Crippen LogP contribution in [0.2, 0.25) is 0 Å². The Morgan fingerprint density at radius 1 is 1.16 bits per heavy atom. The molecule has 0 spiro atoms. The average Bonchev–Trinajstić information content (AvgIpc) is 2.47. The van der Waals surface area contributed by atoms with Crippen LogP contribution in [-0.4, -0.2) is 23.3 Å². The number of aromatic nitrogens is 1. The van der Waals surface area contributed by atoms with Gasteiger partial charge in [-0.2, -0.15) is 0 Å². The Morgan fingerprint density at radius 3 is 2.26 bits per heavy atom. The van der Waals surface area contributed by atoms with Gasteiger partial charge in [-0.25, -0.2) is 0 Å². The first-order chi connectivity index (χ1) is 8.71. The first-order valence-electron chi connectivity index (χ1n) is 7.02. The molecule has 0 aromatic carbocycles. The van der Waals surface area contributed by atoms with Crippen LogP contribution in [0.1, 0.15) is 47.1 Å². The van der Waals surface area contributed by atoms with E-state index in [0.29, 0.717) is 5.92 Å². The highest BCUT2D eigenvalue weighted by Crippen LogP contribution is 2.36. The van der Waals surface area contributed by atoms with Crippen LogP contribution in [-0.2, 0) is 15.7 Å². The predicted octanol–water partition coefficient (Wildman–Crippen LogP) is 2.58. The van der Waals surface area contributed by atoms with Gasteiger partial charge in [-0.15, -0.1) is 0 Å². The normalized spacial score (nSPS) is 21.1. The lowest BCUT2D eigenvalue weighted by Crippen LogP contribution is -2.41. The van der Waals surface area contributed by atoms with Crippen molar-refractivity contribution in [3.05, 3.63) is 23.9 Å². The summed E-state index contributed by atoms with van der Waals surface area (Å²) in [5.74, 6) is 0.633. The monoisotopic (exact) mass is 261 g/mol. The molecule has 0 amide bonds. The van der Waals surface area contributed by atoms with E-state index in [2.05, 4.69) is 58.7 Å². The molecule has 1 fully saturated rings. The molecule has 0 radical (unpaired) electrons. The maximum absolute atomic E-state index is 6.03. The van der Waals surface area contributed by atoms with Crippen LogP contribution in [0.15, 0.2) is 18.3 Å². The summed E-state index contributed by atoms with van der Waals surface area (Å²) in [6.07, 6.45) is 2.90. The largest absolute Gasteiger partial charge is 0.514 e. The molecule has 1 aliphatic heterocycles. The van der Waals surface area contributed by atoms with Gasteiger partial charge in [0.2, 0.25) is 0 Å². The van der Waals surface area contributed by atoms with Crippen LogP contribution in [0, 0.1) is 5.92 Å². The van der Waals surface area contributed by atoms with Crippen molar-refractivity contribution in [2.75, 3.05) is 0 Å². The van der Waals surface area contributed by atoms with Crippen molar-refractivity contribution in [3.63, 3.8) is 0 Å². The summed E-state index contributed by atoms with van der Waals surface area (Å²) < 4.78 is 12.1. The second-order valence-corrected chi connectivity index (χ2v) is 6.78. The fraction of sp³-hybridized carbons (Fsp3) is 0.667. The first-order valence-corrected chi connectivity index (χ1v) is 7.02. The fourth-order valence-corrected chi connectivity index (χ4v) is 2.19. The van der Waals surface area contributed by atoms with E-state index in [1.165, 1.54) is 5.56 Å². The molecule has 2 heterocycles. The Morgan fingerprint density at radius 2 is 1.74 bits per heavy atom. The highest BCUT2D eigenvalue weighted by atomic mass is 16.7. The summed E-state index contributed by atoms with van der Waals surface area (Å²) in [5, 5.41) is 0. The van der Waals surface area contributed by atoms with E-state index in [-0.39, 0.29) is 18.3 Å². The van der Waals surface area contributed by atoms with E-state index in [9.17, 15) is 0 Å². The van der Waals surface area contributed by atoms with Gasteiger partial charge < -0.3 is 9.31 Å². The summed E-state index contributed by atoms with van der Waals surface area (Å²) in [6, 6.07) is 4.16. The van der Waals surface area contributed by atoms with E-state index in [0.717, 1.165) is 12.0 Å². The van der Waals surface area contributed by atoms with Crippen molar-refractivity contribution in [2.45, 2.75) is 59.2 Å². The third kappa shape index (κ3) is 3.01. The van der Waals surface area contributed by atoms with Gasteiger partial charge in [-0.1, -0.05) is 13.8 Å². The Kier molecular flexibility index (Phi) is 3.76. The van der Waals surface area contributed by atoms with E-state index in [1.54, 1.807) is 0 Å². The molecule has 104 valence electrons. The molecular formula is C15H24BNO2. The lowest BCUT2D eigenvalue weighted by Gasteiger charge is -2.32. The maximum atomic E-state index is 6.03. The molecule has 0 atom stereocenters. The quantitative estimate of drug-likeness (QED) is 0.784. The molecule has 1 aromatic heterocycles. The summed E-state index contributed by atoms with van der Waals surface area (Å²) in [5.41, 5.74) is 1.53. The average molecular weight is 261 g/mol. The Bertz CT molecular complexity index is 441.